The number of hydrogen-bond donors (Lipinski definition) is 4. The van der Waals surface area contributed by atoms with Gasteiger partial charge in [0.05, 0.1) is 26.4 Å². The van der Waals surface area contributed by atoms with Gasteiger partial charge in [-0.1, -0.05) is 0 Å². The molecule has 7 nitrogen and oxygen atoms in total. The van der Waals surface area contributed by atoms with Crippen molar-refractivity contribution in [1.82, 2.24) is 10.2 Å². The maximum absolute atomic E-state index is 11.0. The van der Waals surface area contributed by atoms with E-state index in [2.05, 4.69) is 5.32 Å². The molecule has 0 saturated carbocycles. The Bertz CT molecular complexity index is 267. The number of rotatable bonds is 14. The average molecular weight is 321 g/mol. The molecule has 0 heterocycles. The Kier molecular flexibility index (Phi) is 12.0. The first-order valence-corrected chi connectivity index (χ1v) is 8.10. The van der Waals surface area contributed by atoms with Crippen molar-refractivity contribution in [2.24, 2.45) is 5.73 Å². The first-order chi connectivity index (χ1) is 10.4. The average Bonchev–Trinajstić information content (AvgIpc) is 2.42. The summed E-state index contributed by atoms with van der Waals surface area (Å²) < 4.78 is 10.7. The van der Waals surface area contributed by atoms with E-state index in [4.69, 9.17) is 20.3 Å². The van der Waals surface area contributed by atoms with Crippen molar-refractivity contribution < 1.29 is 19.7 Å². The molecule has 0 aliphatic rings. The number of aliphatic hydroxyl groups is 2. The van der Waals surface area contributed by atoms with E-state index in [-0.39, 0.29) is 25.3 Å². The SMILES string of the molecule is CC(C)NC(O)(COCCOCCO)N(CCCN)C(C)C. The monoisotopic (exact) mass is 321 g/mol. The van der Waals surface area contributed by atoms with Crippen molar-refractivity contribution in [2.45, 2.75) is 52.0 Å². The Hall–Kier alpha value is -0.280. The van der Waals surface area contributed by atoms with Gasteiger partial charge in [-0.05, 0) is 40.7 Å². The summed E-state index contributed by atoms with van der Waals surface area (Å²) in [6.45, 7) is 10.5. The molecule has 22 heavy (non-hydrogen) atoms. The number of hydrogen-bond acceptors (Lipinski definition) is 7. The van der Waals surface area contributed by atoms with Crippen molar-refractivity contribution in [2.75, 3.05) is 46.1 Å². The predicted molar refractivity (Wildman–Crippen MR) is 87.5 cm³/mol. The van der Waals surface area contributed by atoms with E-state index >= 15 is 0 Å². The van der Waals surface area contributed by atoms with Gasteiger partial charge in [0.2, 0.25) is 0 Å². The van der Waals surface area contributed by atoms with Gasteiger partial charge in [-0.15, -0.1) is 0 Å². The molecule has 0 aromatic heterocycles. The molecule has 0 aromatic rings. The fourth-order valence-corrected chi connectivity index (χ4v) is 2.30. The van der Waals surface area contributed by atoms with Crippen LogP contribution < -0.4 is 11.1 Å². The van der Waals surface area contributed by atoms with Gasteiger partial charge in [-0.2, -0.15) is 0 Å². The van der Waals surface area contributed by atoms with E-state index < -0.39 is 5.85 Å². The quantitative estimate of drug-likeness (QED) is 0.258. The van der Waals surface area contributed by atoms with Crippen molar-refractivity contribution in [3.63, 3.8) is 0 Å². The molecule has 0 aromatic carbocycles. The molecule has 0 bridgehead atoms. The van der Waals surface area contributed by atoms with Gasteiger partial charge in [0.1, 0.15) is 6.61 Å². The molecule has 1 atom stereocenters. The van der Waals surface area contributed by atoms with Gasteiger partial charge in [0.25, 0.3) is 0 Å². The standard InChI is InChI=1S/C15H35N3O4/c1-13(2)17-15(20,12-22-11-10-21-9-8-19)18(14(3)4)7-5-6-16/h13-14,17,19-20H,5-12,16H2,1-4H3. The molecule has 0 aliphatic carbocycles. The van der Waals surface area contributed by atoms with E-state index in [0.717, 1.165) is 6.42 Å². The summed E-state index contributed by atoms with van der Waals surface area (Å²) in [6.07, 6.45) is 0.805. The van der Waals surface area contributed by atoms with Crippen LogP contribution in [0.4, 0.5) is 0 Å². The Balaban J connectivity index is 4.58. The summed E-state index contributed by atoms with van der Waals surface area (Å²) in [4.78, 5) is 1.97. The lowest BCUT2D eigenvalue weighted by Crippen LogP contribution is -2.65. The maximum atomic E-state index is 11.0. The highest BCUT2D eigenvalue weighted by atomic mass is 16.5. The van der Waals surface area contributed by atoms with Crippen molar-refractivity contribution >= 4 is 0 Å². The third kappa shape index (κ3) is 8.99. The minimum absolute atomic E-state index is 0.000934. The Morgan fingerprint density at radius 1 is 1.14 bits per heavy atom. The predicted octanol–water partition coefficient (Wildman–Crippen LogP) is -0.285. The molecule has 0 saturated heterocycles. The fourth-order valence-electron chi connectivity index (χ4n) is 2.30. The molecule has 0 aliphatic heterocycles. The van der Waals surface area contributed by atoms with Crippen molar-refractivity contribution in [3.8, 4) is 0 Å². The van der Waals surface area contributed by atoms with Gasteiger partial charge in [0.15, 0.2) is 5.85 Å². The number of aliphatic hydroxyl groups excluding tert-OH is 1. The van der Waals surface area contributed by atoms with Crippen LogP contribution in [0.5, 0.6) is 0 Å². The summed E-state index contributed by atoms with van der Waals surface area (Å²) in [5.41, 5.74) is 5.59. The second-order valence-electron chi connectivity index (χ2n) is 5.93. The van der Waals surface area contributed by atoms with E-state index in [1.807, 2.05) is 32.6 Å². The van der Waals surface area contributed by atoms with Crippen LogP contribution in [0.3, 0.4) is 0 Å². The molecule has 0 amide bonds. The van der Waals surface area contributed by atoms with Crippen LogP contribution in [0, 0.1) is 0 Å². The maximum Gasteiger partial charge on any atom is 0.199 e. The van der Waals surface area contributed by atoms with Gasteiger partial charge < -0.3 is 25.4 Å². The molecular weight excluding hydrogens is 286 g/mol. The first kappa shape index (κ1) is 21.7. The van der Waals surface area contributed by atoms with Gasteiger partial charge >= 0.3 is 0 Å². The highest BCUT2D eigenvalue weighted by Gasteiger charge is 2.36. The largest absolute Gasteiger partial charge is 0.394 e. The molecule has 1 unspecified atom stereocenters. The number of nitrogens with zero attached hydrogens (tertiary/aromatic N) is 1. The van der Waals surface area contributed by atoms with Crippen LogP contribution in [0.25, 0.3) is 0 Å². The normalized spacial score (nSPS) is 15.0. The number of nitrogens with two attached hydrogens (primary N) is 1. The number of ether oxygens (including phenoxy) is 2. The first-order valence-electron chi connectivity index (χ1n) is 8.10. The zero-order chi connectivity index (χ0) is 17.0. The van der Waals surface area contributed by atoms with Gasteiger partial charge in [-0.3, -0.25) is 10.2 Å². The van der Waals surface area contributed by atoms with E-state index in [1.54, 1.807) is 0 Å². The van der Waals surface area contributed by atoms with Crippen molar-refractivity contribution in [3.05, 3.63) is 0 Å². The van der Waals surface area contributed by atoms with Crippen LogP contribution in [0.1, 0.15) is 34.1 Å². The van der Waals surface area contributed by atoms with Crippen LogP contribution in [0.2, 0.25) is 0 Å². The summed E-state index contributed by atoms with van der Waals surface area (Å²) in [5.74, 6) is -1.24. The van der Waals surface area contributed by atoms with Crippen LogP contribution >= 0.6 is 0 Å². The minimum Gasteiger partial charge on any atom is -0.394 e. The molecule has 0 spiro atoms. The molecular formula is C15H35N3O4. The van der Waals surface area contributed by atoms with Crippen LogP contribution in [-0.4, -0.2) is 79.2 Å². The zero-order valence-electron chi connectivity index (χ0n) is 14.5. The highest BCUT2D eigenvalue weighted by Crippen LogP contribution is 2.15. The molecule has 0 radical (unpaired) electrons. The second kappa shape index (κ2) is 12.2. The number of nitrogens with one attached hydrogen (secondary N) is 1. The Morgan fingerprint density at radius 2 is 1.77 bits per heavy atom. The summed E-state index contributed by atoms with van der Waals surface area (Å²) in [5, 5.41) is 22.8. The molecule has 7 heteroatoms. The zero-order valence-corrected chi connectivity index (χ0v) is 14.5. The third-order valence-corrected chi connectivity index (χ3v) is 3.13. The van der Waals surface area contributed by atoms with E-state index in [1.165, 1.54) is 0 Å². The third-order valence-electron chi connectivity index (χ3n) is 3.13. The van der Waals surface area contributed by atoms with Gasteiger partial charge in [-0.25, -0.2) is 0 Å². The van der Waals surface area contributed by atoms with Crippen LogP contribution in [-0.2, 0) is 9.47 Å². The highest BCUT2D eigenvalue weighted by molar-refractivity contribution is 4.81. The smallest absolute Gasteiger partial charge is 0.199 e. The molecule has 0 fully saturated rings. The summed E-state index contributed by atoms with van der Waals surface area (Å²) in [7, 11) is 0. The lowest BCUT2D eigenvalue weighted by molar-refractivity contribution is -0.191. The lowest BCUT2D eigenvalue weighted by atomic mass is 10.2. The molecule has 5 N–H and O–H groups in total. The Morgan fingerprint density at radius 3 is 2.27 bits per heavy atom. The lowest BCUT2D eigenvalue weighted by Gasteiger charge is -2.43. The van der Waals surface area contributed by atoms with Gasteiger partial charge in [0, 0.05) is 18.6 Å². The second-order valence-corrected chi connectivity index (χ2v) is 5.93. The summed E-state index contributed by atoms with van der Waals surface area (Å²) >= 11 is 0. The van der Waals surface area contributed by atoms with E-state index in [9.17, 15) is 5.11 Å². The van der Waals surface area contributed by atoms with Crippen LogP contribution in [0.15, 0.2) is 0 Å². The molecule has 0 rings (SSSR count). The topological polar surface area (TPSA) is 100 Å². The Labute approximate surface area is 134 Å². The van der Waals surface area contributed by atoms with E-state index in [0.29, 0.717) is 32.9 Å². The molecule has 134 valence electrons. The summed E-state index contributed by atoms with van der Waals surface area (Å²) in [6, 6.07) is 0.260. The fraction of sp³-hybridized carbons (Fsp3) is 1.00. The minimum atomic E-state index is -1.24. The van der Waals surface area contributed by atoms with Crippen molar-refractivity contribution in [1.29, 1.82) is 0 Å².